The maximum atomic E-state index is 12.3. The van der Waals surface area contributed by atoms with Crippen molar-refractivity contribution >= 4 is 29.0 Å². The van der Waals surface area contributed by atoms with Gasteiger partial charge >= 0.3 is 12.1 Å². The molecule has 0 spiro atoms. The molecule has 1 aliphatic rings. The number of thioether (sulfide) groups is 1. The van der Waals surface area contributed by atoms with Crippen molar-refractivity contribution in [2.45, 2.75) is 52.6 Å². The molecule has 0 radical (unpaired) electrons. The minimum Gasteiger partial charge on any atom is -0.323 e. The first-order valence-corrected chi connectivity index (χ1v) is 8.60. The maximum absolute atomic E-state index is 12.3. The summed E-state index contributed by atoms with van der Waals surface area (Å²) in [5.74, 6) is 0. The molecule has 0 aliphatic carbocycles. The number of carbonyl (C=O) groups is 2. The summed E-state index contributed by atoms with van der Waals surface area (Å²) in [6.07, 6.45) is 3.85. The molecule has 7 heteroatoms. The number of amides is 4. The van der Waals surface area contributed by atoms with E-state index in [1.807, 2.05) is 27.7 Å². The van der Waals surface area contributed by atoms with Crippen LogP contribution in [0.5, 0.6) is 0 Å². The van der Waals surface area contributed by atoms with Gasteiger partial charge in [-0.15, -0.1) is 0 Å². The SMILES string of the molecule is CSC(=NC(=O)N1CCCC1)NC(=O)N(C(C)C)C(C)C. The van der Waals surface area contributed by atoms with E-state index in [9.17, 15) is 9.59 Å². The third-order valence-electron chi connectivity index (χ3n) is 3.33. The van der Waals surface area contributed by atoms with E-state index in [1.165, 1.54) is 11.8 Å². The second kappa shape index (κ2) is 8.26. The van der Waals surface area contributed by atoms with Crippen LogP contribution in [0.2, 0.25) is 0 Å². The van der Waals surface area contributed by atoms with Gasteiger partial charge in [-0.3, -0.25) is 5.32 Å². The third-order valence-corrected chi connectivity index (χ3v) is 3.91. The Bertz CT molecular complexity index is 396. The van der Waals surface area contributed by atoms with Crippen molar-refractivity contribution in [3.05, 3.63) is 0 Å². The Labute approximate surface area is 131 Å². The molecule has 0 unspecified atom stereocenters. The summed E-state index contributed by atoms with van der Waals surface area (Å²) in [6.45, 7) is 9.36. The molecular weight excluding hydrogens is 288 g/mol. The zero-order valence-corrected chi connectivity index (χ0v) is 14.4. The first kappa shape index (κ1) is 17.8. The van der Waals surface area contributed by atoms with Gasteiger partial charge in [0.1, 0.15) is 0 Å². The number of aliphatic imine (C=N–C) groups is 1. The standard InChI is InChI=1S/C14H26N4O2S/c1-10(2)18(11(3)4)14(20)16-12(21-5)15-13(19)17-8-6-7-9-17/h10-11H,6-9H2,1-5H3,(H,15,16,19,20). The van der Waals surface area contributed by atoms with Crippen molar-refractivity contribution in [2.75, 3.05) is 19.3 Å². The fourth-order valence-electron chi connectivity index (χ4n) is 2.41. The molecule has 1 rings (SSSR count). The number of amidine groups is 1. The molecule has 1 heterocycles. The van der Waals surface area contributed by atoms with Crippen LogP contribution < -0.4 is 5.32 Å². The lowest BCUT2D eigenvalue weighted by atomic mass is 10.2. The Hall–Kier alpha value is -1.24. The fourth-order valence-corrected chi connectivity index (χ4v) is 2.77. The van der Waals surface area contributed by atoms with Crippen LogP contribution in [0.4, 0.5) is 9.59 Å². The Morgan fingerprint density at radius 3 is 2.10 bits per heavy atom. The summed E-state index contributed by atoms with van der Waals surface area (Å²) in [6, 6.07) is -0.315. The molecule has 0 bridgehead atoms. The number of urea groups is 2. The molecule has 4 amide bonds. The normalized spacial score (nSPS) is 15.8. The summed E-state index contributed by atoms with van der Waals surface area (Å²) in [5.41, 5.74) is 0. The molecule has 0 saturated carbocycles. The van der Waals surface area contributed by atoms with E-state index in [0.29, 0.717) is 5.17 Å². The average Bonchev–Trinajstić information content (AvgIpc) is 2.90. The smallest absolute Gasteiger partial charge is 0.323 e. The van der Waals surface area contributed by atoms with Gasteiger partial charge in [0.15, 0.2) is 5.17 Å². The van der Waals surface area contributed by atoms with Crippen LogP contribution >= 0.6 is 11.8 Å². The van der Waals surface area contributed by atoms with Gasteiger partial charge in [-0.25, -0.2) is 9.59 Å². The fraction of sp³-hybridized carbons (Fsp3) is 0.786. The monoisotopic (exact) mass is 314 g/mol. The Morgan fingerprint density at radius 1 is 1.14 bits per heavy atom. The van der Waals surface area contributed by atoms with Gasteiger partial charge < -0.3 is 9.80 Å². The lowest BCUT2D eigenvalue weighted by molar-refractivity contribution is 0.170. The molecule has 0 aromatic heterocycles. The van der Waals surface area contributed by atoms with E-state index in [0.717, 1.165) is 25.9 Å². The summed E-state index contributed by atoms with van der Waals surface area (Å²) < 4.78 is 0. The number of likely N-dealkylation sites (tertiary alicyclic amines) is 1. The van der Waals surface area contributed by atoms with Crippen molar-refractivity contribution in [1.82, 2.24) is 15.1 Å². The van der Waals surface area contributed by atoms with E-state index in [2.05, 4.69) is 10.3 Å². The van der Waals surface area contributed by atoms with Crippen molar-refractivity contribution in [2.24, 2.45) is 4.99 Å². The van der Waals surface area contributed by atoms with Crippen LogP contribution in [0.1, 0.15) is 40.5 Å². The highest BCUT2D eigenvalue weighted by Gasteiger charge is 2.22. The van der Waals surface area contributed by atoms with Crippen LogP contribution in [0, 0.1) is 0 Å². The quantitative estimate of drug-likeness (QED) is 0.629. The van der Waals surface area contributed by atoms with Crippen LogP contribution in [0.3, 0.4) is 0 Å². The summed E-state index contributed by atoms with van der Waals surface area (Å²) in [7, 11) is 0. The topological polar surface area (TPSA) is 65.0 Å². The van der Waals surface area contributed by atoms with Gasteiger partial charge in [0, 0.05) is 25.2 Å². The molecule has 1 fully saturated rings. The second-order valence-electron chi connectivity index (χ2n) is 5.62. The first-order chi connectivity index (χ1) is 9.86. The zero-order chi connectivity index (χ0) is 16.0. The van der Waals surface area contributed by atoms with Crippen LogP contribution in [0.25, 0.3) is 0 Å². The van der Waals surface area contributed by atoms with E-state index in [-0.39, 0.29) is 24.1 Å². The van der Waals surface area contributed by atoms with E-state index in [4.69, 9.17) is 0 Å². The largest absolute Gasteiger partial charge is 0.345 e. The second-order valence-corrected chi connectivity index (χ2v) is 6.42. The van der Waals surface area contributed by atoms with E-state index < -0.39 is 0 Å². The Morgan fingerprint density at radius 2 is 1.67 bits per heavy atom. The van der Waals surface area contributed by atoms with Crippen LogP contribution in [-0.2, 0) is 0 Å². The van der Waals surface area contributed by atoms with Gasteiger partial charge in [0.05, 0.1) is 0 Å². The van der Waals surface area contributed by atoms with Crippen molar-refractivity contribution in [3.8, 4) is 0 Å². The minimum atomic E-state index is -0.266. The molecule has 0 aromatic carbocycles. The Balaban J connectivity index is 2.71. The molecular formula is C14H26N4O2S. The predicted molar refractivity (Wildman–Crippen MR) is 87.8 cm³/mol. The van der Waals surface area contributed by atoms with E-state index >= 15 is 0 Å². The lowest BCUT2D eigenvalue weighted by Gasteiger charge is -2.30. The first-order valence-electron chi connectivity index (χ1n) is 7.37. The number of hydrogen-bond donors (Lipinski definition) is 1. The van der Waals surface area contributed by atoms with Crippen molar-refractivity contribution in [1.29, 1.82) is 0 Å². The number of nitrogens with one attached hydrogen (secondary N) is 1. The summed E-state index contributed by atoms with van der Waals surface area (Å²) in [5, 5.41) is 3.09. The highest BCUT2D eigenvalue weighted by molar-refractivity contribution is 8.13. The average molecular weight is 314 g/mol. The number of hydrogen-bond acceptors (Lipinski definition) is 3. The van der Waals surface area contributed by atoms with E-state index in [1.54, 1.807) is 16.1 Å². The van der Waals surface area contributed by atoms with Gasteiger partial charge in [-0.2, -0.15) is 4.99 Å². The lowest BCUT2D eigenvalue weighted by Crippen LogP contribution is -2.49. The van der Waals surface area contributed by atoms with Crippen molar-refractivity contribution in [3.63, 3.8) is 0 Å². The highest BCUT2D eigenvalue weighted by atomic mass is 32.2. The van der Waals surface area contributed by atoms with Gasteiger partial charge in [0.2, 0.25) is 0 Å². The number of rotatable bonds is 2. The third kappa shape index (κ3) is 5.22. The van der Waals surface area contributed by atoms with Gasteiger partial charge in [0.25, 0.3) is 0 Å². The molecule has 0 aromatic rings. The predicted octanol–water partition coefficient (Wildman–Crippen LogP) is 2.75. The summed E-state index contributed by atoms with van der Waals surface area (Å²) in [4.78, 5) is 31.8. The molecule has 1 saturated heterocycles. The molecule has 120 valence electrons. The number of carbonyl (C=O) groups excluding carboxylic acids is 2. The maximum Gasteiger partial charge on any atom is 0.345 e. The Kier molecular flexibility index (Phi) is 7.01. The molecule has 1 aliphatic heterocycles. The van der Waals surface area contributed by atoms with Gasteiger partial charge in [-0.1, -0.05) is 11.8 Å². The molecule has 21 heavy (non-hydrogen) atoms. The summed E-state index contributed by atoms with van der Waals surface area (Å²) >= 11 is 1.27. The highest BCUT2D eigenvalue weighted by Crippen LogP contribution is 2.10. The molecule has 0 atom stereocenters. The zero-order valence-electron chi connectivity index (χ0n) is 13.5. The van der Waals surface area contributed by atoms with Gasteiger partial charge in [-0.05, 0) is 46.8 Å². The number of nitrogens with zero attached hydrogens (tertiary/aromatic N) is 3. The van der Waals surface area contributed by atoms with Crippen LogP contribution in [0.15, 0.2) is 4.99 Å². The molecule has 6 nitrogen and oxygen atoms in total. The van der Waals surface area contributed by atoms with Crippen LogP contribution in [-0.4, -0.2) is 58.5 Å². The van der Waals surface area contributed by atoms with Crippen molar-refractivity contribution < 1.29 is 9.59 Å². The molecule has 1 N–H and O–H groups in total. The minimum absolute atomic E-state index is 0.0855.